The SMILES string of the molecule is Oc1ccccc1C1([C@@H]2CCN(CCc3ccc4c(c3)CCO4)C2)CCCC1. The second kappa shape index (κ2) is 7.44. The minimum atomic E-state index is 0.186. The lowest BCUT2D eigenvalue weighted by atomic mass is 9.68. The summed E-state index contributed by atoms with van der Waals surface area (Å²) in [5, 5.41) is 10.6. The zero-order valence-corrected chi connectivity index (χ0v) is 16.7. The van der Waals surface area contributed by atoms with Gasteiger partial charge in [-0.05, 0) is 61.4 Å². The van der Waals surface area contributed by atoms with Crippen LogP contribution in [0.2, 0.25) is 0 Å². The summed E-state index contributed by atoms with van der Waals surface area (Å²) in [6, 6.07) is 14.8. The second-order valence-electron chi connectivity index (χ2n) is 8.96. The molecule has 148 valence electrons. The molecule has 2 aromatic rings. The van der Waals surface area contributed by atoms with Crippen LogP contribution in [0.4, 0.5) is 0 Å². The molecule has 0 radical (unpaired) electrons. The number of nitrogens with zero attached hydrogens (tertiary/aromatic N) is 1. The van der Waals surface area contributed by atoms with Gasteiger partial charge in [-0.3, -0.25) is 0 Å². The highest BCUT2D eigenvalue weighted by Crippen LogP contribution is 2.51. The standard InChI is InChI=1S/C25H31NO2/c27-23-6-2-1-5-22(23)25(12-3-4-13-25)21-10-15-26(18-21)14-9-19-7-8-24-20(17-19)11-16-28-24/h1-2,5-8,17,21,27H,3-4,9-16,18H2/t21-/m1/s1. The van der Waals surface area contributed by atoms with Crippen LogP contribution in [0.25, 0.3) is 0 Å². The Morgan fingerprint density at radius 1 is 1.11 bits per heavy atom. The Kier molecular flexibility index (Phi) is 4.80. The lowest BCUT2D eigenvalue weighted by molar-refractivity contribution is 0.247. The molecule has 2 aliphatic heterocycles. The Morgan fingerprint density at radius 2 is 1.96 bits per heavy atom. The van der Waals surface area contributed by atoms with Crippen molar-refractivity contribution in [3.8, 4) is 11.5 Å². The smallest absolute Gasteiger partial charge is 0.122 e. The molecule has 0 aromatic heterocycles. The van der Waals surface area contributed by atoms with E-state index < -0.39 is 0 Å². The monoisotopic (exact) mass is 377 g/mol. The van der Waals surface area contributed by atoms with E-state index >= 15 is 0 Å². The molecule has 3 nitrogen and oxygen atoms in total. The Bertz CT molecular complexity index is 840. The highest BCUT2D eigenvalue weighted by molar-refractivity contribution is 5.41. The molecule has 3 aliphatic rings. The van der Waals surface area contributed by atoms with Crippen molar-refractivity contribution in [2.45, 2.75) is 50.4 Å². The molecule has 28 heavy (non-hydrogen) atoms. The van der Waals surface area contributed by atoms with Crippen molar-refractivity contribution >= 4 is 0 Å². The van der Waals surface area contributed by atoms with Crippen molar-refractivity contribution in [2.24, 2.45) is 5.92 Å². The molecule has 2 heterocycles. The number of likely N-dealkylation sites (tertiary alicyclic amines) is 1. The molecule has 0 unspecified atom stereocenters. The maximum absolute atomic E-state index is 10.6. The Hall–Kier alpha value is -2.00. The van der Waals surface area contributed by atoms with Crippen LogP contribution in [-0.4, -0.2) is 36.2 Å². The van der Waals surface area contributed by atoms with Gasteiger partial charge >= 0.3 is 0 Å². The summed E-state index contributed by atoms with van der Waals surface area (Å²) < 4.78 is 5.63. The van der Waals surface area contributed by atoms with Crippen molar-refractivity contribution in [2.75, 3.05) is 26.2 Å². The van der Waals surface area contributed by atoms with E-state index in [9.17, 15) is 5.11 Å². The molecule has 2 fully saturated rings. The lowest BCUT2D eigenvalue weighted by Crippen LogP contribution is -2.35. The van der Waals surface area contributed by atoms with Crippen LogP contribution in [0.15, 0.2) is 42.5 Å². The van der Waals surface area contributed by atoms with Gasteiger partial charge in [-0.2, -0.15) is 0 Å². The van der Waals surface area contributed by atoms with Gasteiger partial charge < -0.3 is 14.7 Å². The summed E-state index contributed by atoms with van der Waals surface area (Å²) in [7, 11) is 0. The fourth-order valence-electron chi connectivity index (χ4n) is 5.97. The predicted molar refractivity (Wildman–Crippen MR) is 112 cm³/mol. The average molecular weight is 378 g/mol. The number of fused-ring (bicyclic) bond motifs is 1. The van der Waals surface area contributed by atoms with Gasteiger partial charge in [-0.1, -0.05) is 43.2 Å². The number of aromatic hydroxyl groups is 1. The summed E-state index contributed by atoms with van der Waals surface area (Å²) >= 11 is 0. The number of rotatable bonds is 5. The predicted octanol–water partition coefficient (Wildman–Crippen LogP) is 4.70. The molecular weight excluding hydrogens is 346 g/mol. The van der Waals surface area contributed by atoms with Gasteiger partial charge in [0.05, 0.1) is 6.61 Å². The van der Waals surface area contributed by atoms with Crippen molar-refractivity contribution in [3.63, 3.8) is 0 Å². The van der Waals surface area contributed by atoms with Crippen molar-refractivity contribution in [1.82, 2.24) is 4.90 Å². The van der Waals surface area contributed by atoms with Crippen LogP contribution < -0.4 is 4.74 Å². The quantitative estimate of drug-likeness (QED) is 0.819. The Labute approximate surface area is 168 Å². The van der Waals surface area contributed by atoms with Crippen molar-refractivity contribution < 1.29 is 9.84 Å². The Morgan fingerprint density at radius 3 is 2.82 bits per heavy atom. The number of hydrogen-bond acceptors (Lipinski definition) is 3. The summed E-state index contributed by atoms with van der Waals surface area (Å²) in [6.45, 7) is 4.32. The molecule has 1 saturated carbocycles. The minimum absolute atomic E-state index is 0.186. The van der Waals surface area contributed by atoms with Crippen LogP contribution in [0.5, 0.6) is 11.5 Å². The van der Waals surface area contributed by atoms with Gasteiger partial charge in [-0.25, -0.2) is 0 Å². The zero-order chi connectivity index (χ0) is 19.0. The molecule has 1 atom stereocenters. The molecule has 1 saturated heterocycles. The van der Waals surface area contributed by atoms with Crippen LogP contribution in [0.3, 0.4) is 0 Å². The summed E-state index contributed by atoms with van der Waals surface area (Å²) in [4.78, 5) is 2.65. The minimum Gasteiger partial charge on any atom is -0.508 e. The fourth-order valence-corrected chi connectivity index (χ4v) is 5.97. The molecule has 1 N–H and O–H groups in total. The maximum atomic E-state index is 10.6. The van der Waals surface area contributed by atoms with Crippen LogP contribution in [0.1, 0.15) is 48.8 Å². The summed E-state index contributed by atoms with van der Waals surface area (Å²) in [5.74, 6) is 2.25. The maximum Gasteiger partial charge on any atom is 0.122 e. The highest BCUT2D eigenvalue weighted by atomic mass is 16.5. The van der Waals surface area contributed by atoms with Crippen LogP contribution in [-0.2, 0) is 18.3 Å². The number of phenols is 1. The molecule has 5 rings (SSSR count). The third kappa shape index (κ3) is 3.20. The van der Waals surface area contributed by atoms with Gasteiger partial charge in [0.1, 0.15) is 11.5 Å². The number of phenolic OH excluding ortho intramolecular Hbond substituents is 1. The van der Waals surface area contributed by atoms with E-state index in [1.54, 1.807) is 0 Å². The van der Waals surface area contributed by atoms with Crippen LogP contribution >= 0.6 is 0 Å². The first-order chi connectivity index (χ1) is 13.7. The number of ether oxygens (including phenoxy) is 1. The molecule has 0 bridgehead atoms. The van der Waals surface area contributed by atoms with E-state index in [4.69, 9.17) is 4.74 Å². The average Bonchev–Trinajstić information content (AvgIpc) is 3.46. The van der Waals surface area contributed by atoms with Gasteiger partial charge in [-0.15, -0.1) is 0 Å². The molecule has 3 heteroatoms. The molecule has 0 spiro atoms. The van der Waals surface area contributed by atoms with E-state index in [1.165, 1.54) is 61.9 Å². The van der Waals surface area contributed by atoms with Gasteiger partial charge in [0, 0.05) is 30.5 Å². The molecule has 0 amide bonds. The number of para-hydroxylation sites is 1. The molecule has 1 aliphatic carbocycles. The van der Waals surface area contributed by atoms with E-state index in [1.807, 2.05) is 12.1 Å². The van der Waals surface area contributed by atoms with Gasteiger partial charge in [0.2, 0.25) is 0 Å². The summed E-state index contributed by atoms with van der Waals surface area (Å²) in [6.07, 6.45) is 8.47. The van der Waals surface area contributed by atoms with Gasteiger partial charge in [0.15, 0.2) is 0 Å². The third-order valence-corrected chi connectivity index (χ3v) is 7.46. The van der Waals surface area contributed by atoms with Gasteiger partial charge in [0.25, 0.3) is 0 Å². The number of hydrogen-bond donors (Lipinski definition) is 1. The number of benzene rings is 2. The van der Waals surface area contributed by atoms with Crippen LogP contribution in [0, 0.1) is 5.92 Å². The van der Waals surface area contributed by atoms with E-state index in [2.05, 4.69) is 35.2 Å². The summed E-state index contributed by atoms with van der Waals surface area (Å²) in [5.41, 5.74) is 4.20. The normalized spacial score (nSPS) is 23.6. The largest absolute Gasteiger partial charge is 0.508 e. The third-order valence-electron chi connectivity index (χ3n) is 7.46. The topological polar surface area (TPSA) is 32.7 Å². The van der Waals surface area contributed by atoms with E-state index in [0.29, 0.717) is 11.7 Å². The van der Waals surface area contributed by atoms with Crippen molar-refractivity contribution in [1.29, 1.82) is 0 Å². The first-order valence-electron chi connectivity index (χ1n) is 11.0. The fraction of sp³-hybridized carbons (Fsp3) is 0.520. The first-order valence-corrected chi connectivity index (χ1v) is 11.0. The van der Waals surface area contributed by atoms with E-state index in [-0.39, 0.29) is 5.41 Å². The zero-order valence-electron chi connectivity index (χ0n) is 16.7. The second-order valence-corrected chi connectivity index (χ2v) is 8.96. The van der Waals surface area contributed by atoms with Crippen molar-refractivity contribution in [3.05, 3.63) is 59.2 Å². The lowest BCUT2D eigenvalue weighted by Gasteiger charge is -2.36. The highest BCUT2D eigenvalue weighted by Gasteiger charge is 2.46. The van der Waals surface area contributed by atoms with E-state index in [0.717, 1.165) is 31.7 Å². The Balaban J connectivity index is 1.26. The molecular formula is C25H31NO2. The first kappa shape index (κ1) is 18.1. The molecule has 2 aromatic carbocycles.